The first-order valence-electron chi connectivity index (χ1n) is 5.48. The molecule has 18 heavy (non-hydrogen) atoms. The van der Waals surface area contributed by atoms with Crippen molar-refractivity contribution in [3.63, 3.8) is 0 Å². The molecule has 0 saturated carbocycles. The van der Waals surface area contributed by atoms with Gasteiger partial charge in [-0.25, -0.2) is 10.3 Å². The summed E-state index contributed by atoms with van der Waals surface area (Å²) in [6.07, 6.45) is 0. The van der Waals surface area contributed by atoms with Gasteiger partial charge >= 0.3 is 5.97 Å². The van der Waals surface area contributed by atoms with Crippen molar-refractivity contribution < 1.29 is 14.6 Å². The van der Waals surface area contributed by atoms with Crippen molar-refractivity contribution in [2.24, 2.45) is 5.10 Å². The topological polar surface area (TPSA) is 74.2 Å². The first kappa shape index (κ1) is 12.4. The summed E-state index contributed by atoms with van der Waals surface area (Å²) in [5.74, 6) is -0.647. The monoisotopic (exact) mass is 249 g/mol. The number of methoxy groups -OCH3 is 1. The summed E-state index contributed by atoms with van der Waals surface area (Å²) in [7, 11) is 3.31. The smallest absolute Gasteiger partial charge is 0.339 e. The first-order chi connectivity index (χ1) is 8.54. The van der Waals surface area contributed by atoms with E-state index in [1.165, 1.54) is 7.11 Å². The Kier molecular flexibility index (Phi) is 3.20. The van der Waals surface area contributed by atoms with Gasteiger partial charge in [-0.05, 0) is 24.6 Å². The zero-order valence-corrected chi connectivity index (χ0v) is 10.5. The quantitative estimate of drug-likeness (QED) is 0.843. The summed E-state index contributed by atoms with van der Waals surface area (Å²) in [5, 5.41) is 15.1. The van der Waals surface area contributed by atoms with E-state index in [4.69, 9.17) is 9.84 Å². The lowest BCUT2D eigenvalue weighted by Gasteiger charge is -2.20. The molecule has 0 spiro atoms. The van der Waals surface area contributed by atoms with E-state index in [0.717, 1.165) is 11.3 Å². The van der Waals surface area contributed by atoms with Crippen molar-refractivity contribution in [3.8, 4) is 5.75 Å². The molecule has 0 aromatic heterocycles. The Bertz CT molecular complexity index is 513. The van der Waals surface area contributed by atoms with Gasteiger partial charge in [0.1, 0.15) is 11.3 Å². The lowest BCUT2D eigenvalue weighted by molar-refractivity contribution is 0.0693. The van der Waals surface area contributed by atoms with E-state index in [1.807, 2.05) is 25.0 Å². The van der Waals surface area contributed by atoms with E-state index in [1.54, 1.807) is 12.1 Å². The second kappa shape index (κ2) is 4.66. The van der Waals surface area contributed by atoms with E-state index in [-0.39, 0.29) is 11.6 Å². The largest absolute Gasteiger partial charge is 0.496 e. The van der Waals surface area contributed by atoms with Gasteiger partial charge in [0.05, 0.1) is 18.9 Å². The van der Waals surface area contributed by atoms with Crippen LogP contribution in [0.1, 0.15) is 28.9 Å². The molecule has 1 aliphatic rings. The molecular weight excluding hydrogens is 234 g/mol. The van der Waals surface area contributed by atoms with E-state index < -0.39 is 5.97 Å². The minimum absolute atomic E-state index is 0.0611. The molecule has 1 aliphatic heterocycles. The molecule has 1 aromatic carbocycles. The number of ether oxygens (including phenoxy) is 1. The van der Waals surface area contributed by atoms with Gasteiger partial charge in [-0.15, -0.1) is 0 Å². The molecule has 0 aliphatic carbocycles. The molecule has 2 N–H and O–H groups in total. The Morgan fingerprint density at radius 1 is 1.56 bits per heavy atom. The lowest BCUT2D eigenvalue weighted by Crippen LogP contribution is -2.30. The van der Waals surface area contributed by atoms with Gasteiger partial charge in [0.15, 0.2) is 0 Å². The van der Waals surface area contributed by atoms with E-state index in [0.29, 0.717) is 5.75 Å². The molecular formula is C12H15N3O3. The Morgan fingerprint density at radius 3 is 2.78 bits per heavy atom. The third kappa shape index (κ3) is 2.02. The van der Waals surface area contributed by atoms with Crippen molar-refractivity contribution in [2.45, 2.75) is 13.0 Å². The molecule has 1 heterocycles. The SMILES string of the molecule is COc1ccc(C2C(C)=NNN2C)cc1C(=O)O. The first-order valence-corrected chi connectivity index (χ1v) is 5.48. The maximum Gasteiger partial charge on any atom is 0.339 e. The van der Waals surface area contributed by atoms with Gasteiger partial charge in [-0.1, -0.05) is 6.07 Å². The van der Waals surface area contributed by atoms with Gasteiger partial charge in [0.25, 0.3) is 0 Å². The minimum Gasteiger partial charge on any atom is -0.496 e. The number of hydrazone groups is 1. The summed E-state index contributed by atoms with van der Waals surface area (Å²) in [4.78, 5) is 11.2. The highest BCUT2D eigenvalue weighted by atomic mass is 16.5. The number of carboxylic acid groups (broad SMARTS) is 1. The predicted molar refractivity (Wildman–Crippen MR) is 66.7 cm³/mol. The van der Waals surface area contributed by atoms with E-state index in [2.05, 4.69) is 10.6 Å². The standard InChI is InChI=1S/C12H15N3O3/c1-7-11(15(2)14-13-7)8-4-5-10(18-3)9(6-8)12(16)17/h4-6,11,14H,1-3H3,(H,16,17). The molecule has 0 saturated heterocycles. The number of hydrogen-bond acceptors (Lipinski definition) is 5. The number of carboxylic acids is 1. The lowest BCUT2D eigenvalue weighted by atomic mass is 10.00. The maximum atomic E-state index is 11.2. The summed E-state index contributed by atoms with van der Waals surface area (Å²) in [6.45, 7) is 1.89. The predicted octanol–water partition coefficient (Wildman–Crippen LogP) is 1.26. The molecule has 0 bridgehead atoms. The van der Waals surface area contributed by atoms with Crippen molar-refractivity contribution in [1.82, 2.24) is 10.5 Å². The summed E-state index contributed by atoms with van der Waals surface area (Å²) in [5.41, 5.74) is 4.74. The number of rotatable bonds is 3. The number of carbonyl (C=O) groups is 1. The molecule has 0 radical (unpaired) electrons. The highest BCUT2D eigenvalue weighted by Gasteiger charge is 2.26. The molecule has 0 amide bonds. The van der Waals surface area contributed by atoms with Gasteiger partial charge in [0.2, 0.25) is 0 Å². The molecule has 0 fully saturated rings. The van der Waals surface area contributed by atoms with Crippen molar-refractivity contribution in [3.05, 3.63) is 29.3 Å². The third-order valence-electron chi connectivity index (χ3n) is 2.94. The Labute approximate surface area is 105 Å². The Balaban J connectivity index is 2.44. The van der Waals surface area contributed by atoms with Crippen LogP contribution in [0.4, 0.5) is 0 Å². The Morgan fingerprint density at radius 2 is 2.28 bits per heavy atom. The number of hydrogen-bond donors (Lipinski definition) is 2. The van der Waals surface area contributed by atoms with Crippen molar-refractivity contribution in [2.75, 3.05) is 14.2 Å². The highest BCUT2D eigenvalue weighted by molar-refractivity contribution is 5.93. The fourth-order valence-electron chi connectivity index (χ4n) is 2.08. The molecule has 6 nitrogen and oxygen atoms in total. The molecule has 1 aromatic rings. The van der Waals surface area contributed by atoms with Crippen LogP contribution in [-0.4, -0.2) is 36.0 Å². The van der Waals surface area contributed by atoms with Crippen molar-refractivity contribution in [1.29, 1.82) is 0 Å². The molecule has 2 rings (SSSR count). The van der Waals surface area contributed by atoms with E-state index >= 15 is 0 Å². The van der Waals surface area contributed by atoms with Gasteiger partial charge in [-0.2, -0.15) is 10.1 Å². The number of nitrogens with zero attached hydrogens (tertiary/aromatic N) is 2. The second-order valence-corrected chi connectivity index (χ2v) is 4.13. The molecule has 1 atom stereocenters. The number of aromatic carboxylic acids is 1. The number of nitrogens with one attached hydrogen (secondary N) is 1. The number of benzene rings is 1. The normalized spacial score (nSPS) is 19.3. The van der Waals surface area contributed by atoms with Crippen LogP contribution in [0.25, 0.3) is 0 Å². The second-order valence-electron chi connectivity index (χ2n) is 4.13. The van der Waals surface area contributed by atoms with Crippen LogP contribution in [0.3, 0.4) is 0 Å². The van der Waals surface area contributed by atoms with Gasteiger partial charge < -0.3 is 9.84 Å². The molecule has 96 valence electrons. The average molecular weight is 249 g/mol. The van der Waals surface area contributed by atoms with Crippen LogP contribution >= 0.6 is 0 Å². The van der Waals surface area contributed by atoms with E-state index in [9.17, 15) is 4.79 Å². The zero-order chi connectivity index (χ0) is 13.3. The van der Waals surface area contributed by atoms with Crippen LogP contribution in [0, 0.1) is 0 Å². The summed E-state index contributed by atoms with van der Waals surface area (Å²) < 4.78 is 5.04. The van der Waals surface area contributed by atoms with Crippen LogP contribution < -0.4 is 10.3 Å². The maximum absolute atomic E-state index is 11.2. The van der Waals surface area contributed by atoms with Gasteiger partial charge in [-0.3, -0.25) is 0 Å². The van der Waals surface area contributed by atoms with Crippen LogP contribution in [0.15, 0.2) is 23.3 Å². The molecule has 6 heteroatoms. The highest BCUT2D eigenvalue weighted by Crippen LogP contribution is 2.28. The van der Waals surface area contributed by atoms with Gasteiger partial charge in [0, 0.05) is 7.05 Å². The third-order valence-corrected chi connectivity index (χ3v) is 2.94. The van der Waals surface area contributed by atoms with Crippen LogP contribution in [-0.2, 0) is 0 Å². The minimum atomic E-state index is -1.00. The fraction of sp³-hybridized carbons (Fsp3) is 0.333. The van der Waals surface area contributed by atoms with Crippen LogP contribution in [0.2, 0.25) is 0 Å². The summed E-state index contributed by atoms with van der Waals surface area (Å²) >= 11 is 0. The molecule has 1 unspecified atom stereocenters. The van der Waals surface area contributed by atoms with Crippen LogP contribution in [0.5, 0.6) is 5.75 Å². The Hall–Kier alpha value is -2.08. The number of hydrazine groups is 1. The summed E-state index contributed by atoms with van der Waals surface area (Å²) in [6, 6.07) is 5.07. The average Bonchev–Trinajstić information content (AvgIpc) is 2.68. The van der Waals surface area contributed by atoms with Crippen molar-refractivity contribution >= 4 is 11.7 Å². The zero-order valence-electron chi connectivity index (χ0n) is 10.5. The fourth-order valence-corrected chi connectivity index (χ4v) is 2.08.